The lowest BCUT2D eigenvalue weighted by Gasteiger charge is -2.15. The van der Waals surface area contributed by atoms with Gasteiger partial charge in [-0.1, -0.05) is 0 Å². The van der Waals surface area contributed by atoms with Crippen molar-refractivity contribution in [2.45, 2.75) is 25.8 Å². The molecule has 0 aromatic carbocycles. The molecule has 7 heteroatoms. The van der Waals surface area contributed by atoms with Crippen molar-refractivity contribution in [1.29, 1.82) is 0 Å². The Labute approximate surface area is 106 Å². The zero-order chi connectivity index (χ0) is 14.0. The van der Waals surface area contributed by atoms with Gasteiger partial charge < -0.3 is 19.5 Å². The molecule has 1 atom stereocenters. The fourth-order valence-electron chi connectivity index (χ4n) is 1.19. The van der Waals surface area contributed by atoms with E-state index in [9.17, 15) is 14.4 Å². The number of carbonyl (C=O) groups is 3. The van der Waals surface area contributed by atoms with Crippen LogP contribution in [-0.4, -0.2) is 51.3 Å². The van der Waals surface area contributed by atoms with Crippen LogP contribution in [0.3, 0.4) is 0 Å². The van der Waals surface area contributed by atoms with Crippen molar-refractivity contribution in [3.05, 3.63) is 0 Å². The predicted octanol–water partition coefficient (Wildman–Crippen LogP) is -0.366. The highest BCUT2D eigenvalue weighted by atomic mass is 16.5. The van der Waals surface area contributed by atoms with Crippen LogP contribution in [0.2, 0.25) is 0 Å². The van der Waals surface area contributed by atoms with Gasteiger partial charge in [-0.3, -0.25) is 9.59 Å². The molecule has 104 valence electrons. The third-order valence-corrected chi connectivity index (χ3v) is 2.12. The fraction of sp³-hybridized carbons (Fsp3) is 0.727. The predicted molar refractivity (Wildman–Crippen MR) is 61.7 cm³/mol. The molecule has 0 aliphatic rings. The van der Waals surface area contributed by atoms with E-state index in [1.165, 1.54) is 14.2 Å². The molecule has 0 unspecified atom stereocenters. The number of hydrogen-bond donors (Lipinski definition) is 1. The van der Waals surface area contributed by atoms with Gasteiger partial charge >= 0.3 is 11.9 Å². The van der Waals surface area contributed by atoms with Gasteiger partial charge in [0, 0.05) is 13.0 Å². The Morgan fingerprint density at radius 3 is 2.33 bits per heavy atom. The van der Waals surface area contributed by atoms with E-state index >= 15 is 0 Å². The Kier molecular flexibility index (Phi) is 8.55. The summed E-state index contributed by atoms with van der Waals surface area (Å²) < 4.78 is 13.9. The van der Waals surface area contributed by atoms with Crippen molar-refractivity contribution >= 4 is 17.8 Å². The van der Waals surface area contributed by atoms with E-state index in [4.69, 9.17) is 4.74 Å². The van der Waals surface area contributed by atoms with Gasteiger partial charge in [0.2, 0.25) is 5.91 Å². The maximum atomic E-state index is 11.4. The van der Waals surface area contributed by atoms with Crippen LogP contribution in [0, 0.1) is 0 Å². The normalized spacial score (nSPS) is 11.5. The Bertz CT molecular complexity index is 291. The highest BCUT2D eigenvalue weighted by Crippen LogP contribution is 2.01. The average molecular weight is 261 g/mol. The molecule has 0 aromatic rings. The molecule has 1 N–H and O–H groups in total. The lowest BCUT2D eigenvalue weighted by Crippen LogP contribution is -2.43. The average Bonchev–Trinajstić information content (AvgIpc) is 2.39. The van der Waals surface area contributed by atoms with E-state index in [1.54, 1.807) is 6.92 Å². The Morgan fingerprint density at radius 1 is 1.17 bits per heavy atom. The molecule has 0 aromatic heterocycles. The quantitative estimate of drug-likeness (QED) is 0.600. The monoisotopic (exact) mass is 261 g/mol. The topological polar surface area (TPSA) is 90.9 Å². The summed E-state index contributed by atoms with van der Waals surface area (Å²) in [6.07, 6.45) is 0.141. The molecule has 0 aliphatic heterocycles. The first kappa shape index (κ1) is 16.4. The molecule has 1 amide bonds. The van der Waals surface area contributed by atoms with Crippen LogP contribution < -0.4 is 5.32 Å². The summed E-state index contributed by atoms with van der Waals surface area (Å²) in [4.78, 5) is 33.8. The number of ether oxygens (including phenoxy) is 3. The van der Waals surface area contributed by atoms with E-state index in [1.807, 2.05) is 0 Å². The van der Waals surface area contributed by atoms with Crippen LogP contribution in [0.1, 0.15) is 19.8 Å². The van der Waals surface area contributed by atoms with Crippen LogP contribution >= 0.6 is 0 Å². The molecule has 0 saturated heterocycles. The van der Waals surface area contributed by atoms with E-state index in [-0.39, 0.29) is 19.4 Å². The summed E-state index contributed by atoms with van der Waals surface area (Å²) in [6.45, 7) is 2.02. The second-order valence-electron chi connectivity index (χ2n) is 3.40. The summed E-state index contributed by atoms with van der Waals surface area (Å²) in [6, 6.07) is -0.873. The van der Waals surface area contributed by atoms with Crippen molar-refractivity contribution in [1.82, 2.24) is 5.32 Å². The second kappa shape index (κ2) is 9.41. The summed E-state index contributed by atoms with van der Waals surface area (Å²) in [5, 5.41) is 2.44. The first-order chi connectivity index (χ1) is 8.54. The van der Waals surface area contributed by atoms with Crippen molar-refractivity contribution in [2.24, 2.45) is 0 Å². The van der Waals surface area contributed by atoms with Gasteiger partial charge in [0.05, 0.1) is 14.2 Å². The molecule has 0 spiro atoms. The third kappa shape index (κ3) is 6.85. The van der Waals surface area contributed by atoms with Crippen molar-refractivity contribution < 1.29 is 28.6 Å². The molecular formula is C11H19NO6. The molecule has 18 heavy (non-hydrogen) atoms. The summed E-state index contributed by atoms with van der Waals surface area (Å²) >= 11 is 0. The summed E-state index contributed by atoms with van der Waals surface area (Å²) in [5.74, 6) is -1.50. The first-order valence-corrected chi connectivity index (χ1v) is 5.56. The van der Waals surface area contributed by atoms with Crippen LogP contribution in [0.25, 0.3) is 0 Å². The summed E-state index contributed by atoms with van der Waals surface area (Å²) in [5.41, 5.74) is 0. The molecular weight excluding hydrogens is 242 g/mol. The van der Waals surface area contributed by atoms with Crippen molar-refractivity contribution in [2.75, 3.05) is 27.4 Å². The summed E-state index contributed by atoms with van der Waals surface area (Å²) in [7, 11) is 2.46. The van der Waals surface area contributed by atoms with Gasteiger partial charge in [0.15, 0.2) is 0 Å². The smallest absolute Gasteiger partial charge is 0.328 e. The van der Waals surface area contributed by atoms with Gasteiger partial charge in [-0.2, -0.15) is 0 Å². The molecule has 0 bridgehead atoms. The van der Waals surface area contributed by atoms with Gasteiger partial charge in [-0.15, -0.1) is 0 Å². The van der Waals surface area contributed by atoms with E-state index < -0.39 is 23.9 Å². The van der Waals surface area contributed by atoms with Gasteiger partial charge in [0.1, 0.15) is 12.6 Å². The standard InChI is InChI=1S/C11H19NO6/c1-4-18-7-9(13)12-8(11(15)17-3)5-6-10(14)16-2/h8H,4-7H2,1-3H3,(H,12,13)/t8-/m0/s1. The zero-order valence-electron chi connectivity index (χ0n) is 10.9. The maximum absolute atomic E-state index is 11.4. The minimum Gasteiger partial charge on any atom is -0.469 e. The minimum absolute atomic E-state index is 0.0190. The number of amides is 1. The fourth-order valence-corrected chi connectivity index (χ4v) is 1.19. The number of carbonyl (C=O) groups excluding carboxylic acids is 3. The van der Waals surface area contributed by atoms with E-state index in [0.29, 0.717) is 6.61 Å². The molecule has 0 heterocycles. The highest BCUT2D eigenvalue weighted by molar-refractivity contribution is 5.85. The van der Waals surface area contributed by atoms with Gasteiger partial charge in [-0.25, -0.2) is 4.79 Å². The zero-order valence-corrected chi connectivity index (χ0v) is 10.9. The lowest BCUT2D eigenvalue weighted by molar-refractivity contribution is -0.147. The minimum atomic E-state index is -0.873. The number of hydrogen-bond acceptors (Lipinski definition) is 6. The SMILES string of the molecule is CCOCC(=O)N[C@@H](CCC(=O)OC)C(=O)OC. The van der Waals surface area contributed by atoms with Crippen molar-refractivity contribution in [3.63, 3.8) is 0 Å². The van der Waals surface area contributed by atoms with Crippen LogP contribution in [-0.2, 0) is 28.6 Å². The van der Waals surface area contributed by atoms with E-state index in [0.717, 1.165) is 0 Å². The molecule has 0 rings (SSSR count). The second-order valence-corrected chi connectivity index (χ2v) is 3.40. The van der Waals surface area contributed by atoms with Crippen LogP contribution in [0.15, 0.2) is 0 Å². The first-order valence-electron chi connectivity index (χ1n) is 5.56. The molecule has 0 aliphatic carbocycles. The Hall–Kier alpha value is -1.63. The van der Waals surface area contributed by atoms with E-state index in [2.05, 4.69) is 14.8 Å². The van der Waals surface area contributed by atoms with Gasteiger partial charge in [-0.05, 0) is 13.3 Å². The number of esters is 2. The number of methoxy groups -OCH3 is 2. The number of nitrogens with one attached hydrogen (secondary N) is 1. The Balaban J connectivity index is 4.27. The maximum Gasteiger partial charge on any atom is 0.328 e. The molecule has 7 nitrogen and oxygen atoms in total. The molecule has 0 radical (unpaired) electrons. The van der Waals surface area contributed by atoms with Crippen molar-refractivity contribution in [3.8, 4) is 0 Å². The molecule has 0 fully saturated rings. The lowest BCUT2D eigenvalue weighted by atomic mass is 10.1. The van der Waals surface area contributed by atoms with Crippen LogP contribution in [0.5, 0.6) is 0 Å². The number of rotatable bonds is 8. The highest BCUT2D eigenvalue weighted by Gasteiger charge is 2.22. The largest absolute Gasteiger partial charge is 0.469 e. The third-order valence-electron chi connectivity index (χ3n) is 2.12. The Morgan fingerprint density at radius 2 is 1.83 bits per heavy atom. The molecule has 0 saturated carbocycles. The van der Waals surface area contributed by atoms with Gasteiger partial charge in [0.25, 0.3) is 0 Å². The van der Waals surface area contributed by atoms with Crippen LogP contribution in [0.4, 0.5) is 0 Å².